The Morgan fingerprint density at radius 2 is 2.12 bits per heavy atom. The highest BCUT2D eigenvalue weighted by Crippen LogP contribution is 2.10. The van der Waals surface area contributed by atoms with Crippen molar-refractivity contribution in [1.29, 1.82) is 0 Å². The van der Waals surface area contributed by atoms with Crippen LogP contribution in [0, 0.1) is 0 Å². The molecule has 0 saturated heterocycles. The van der Waals surface area contributed by atoms with E-state index in [0.717, 1.165) is 0 Å². The zero-order valence-electron chi connectivity index (χ0n) is 9.27. The van der Waals surface area contributed by atoms with Crippen molar-refractivity contribution in [3.8, 4) is 5.75 Å². The number of hydrogen-bond donors (Lipinski definition) is 2. The molecule has 0 aliphatic rings. The number of ether oxygens (including phenoxy) is 2. The third kappa shape index (κ3) is 3.52. The van der Waals surface area contributed by atoms with Crippen LogP contribution in [-0.2, 0) is 9.47 Å². The molecule has 0 atom stereocenters. The number of nitrogens with one attached hydrogen (secondary N) is 1. The SMILES string of the molecule is COC(CNC(=O)c1cccc(O)c1)OC. The average molecular weight is 225 g/mol. The van der Waals surface area contributed by atoms with E-state index in [9.17, 15) is 9.90 Å². The van der Waals surface area contributed by atoms with Gasteiger partial charge in [-0.15, -0.1) is 0 Å². The number of carbonyl (C=O) groups excluding carboxylic acids is 1. The van der Waals surface area contributed by atoms with Crippen molar-refractivity contribution in [1.82, 2.24) is 5.32 Å². The molecule has 5 nitrogen and oxygen atoms in total. The Hall–Kier alpha value is -1.59. The lowest BCUT2D eigenvalue weighted by Gasteiger charge is -2.13. The first kappa shape index (κ1) is 12.5. The van der Waals surface area contributed by atoms with Gasteiger partial charge in [-0.25, -0.2) is 0 Å². The fourth-order valence-electron chi connectivity index (χ4n) is 1.19. The summed E-state index contributed by atoms with van der Waals surface area (Å²) in [5.74, 6) is -0.224. The van der Waals surface area contributed by atoms with Crippen molar-refractivity contribution >= 4 is 5.91 Å². The van der Waals surface area contributed by atoms with Gasteiger partial charge in [-0.3, -0.25) is 4.79 Å². The number of hydrogen-bond acceptors (Lipinski definition) is 4. The molecule has 0 aliphatic carbocycles. The third-order valence-electron chi connectivity index (χ3n) is 2.06. The zero-order valence-corrected chi connectivity index (χ0v) is 9.27. The number of methoxy groups -OCH3 is 2. The molecular weight excluding hydrogens is 210 g/mol. The van der Waals surface area contributed by atoms with E-state index in [0.29, 0.717) is 5.56 Å². The van der Waals surface area contributed by atoms with Gasteiger partial charge in [0, 0.05) is 19.8 Å². The van der Waals surface area contributed by atoms with E-state index in [4.69, 9.17) is 9.47 Å². The van der Waals surface area contributed by atoms with Gasteiger partial charge in [0.25, 0.3) is 5.91 Å². The lowest BCUT2D eigenvalue weighted by Crippen LogP contribution is -2.34. The van der Waals surface area contributed by atoms with Crippen LogP contribution in [0.25, 0.3) is 0 Å². The molecule has 1 aromatic carbocycles. The lowest BCUT2D eigenvalue weighted by molar-refractivity contribution is -0.0974. The fourth-order valence-corrected chi connectivity index (χ4v) is 1.19. The predicted molar refractivity (Wildman–Crippen MR) is 58.2 cm³/mol. The van der Waals surface area contributed by atoms with Crippen LogP contribution in [-0.4, -0.2) is 38.1 Å². The number of amides is 1. The molecule has 0 aliphatic heterocycles. The Kier molecular flexibility index (Phi) is 4.75. The Labute approximate surface area is 94.0 Å². The molecule has 88 valence electrons. The highest BCUT2D eigenvalue weighted by atomic mass is 16.7. The first-order valence-corrected chi connectivity index (χ1v) is 4.80. The van der Waals surface area contributed by atoms with E-state index in [2.05, 4.69) is 5.32 Å². The summed E-state index contributed by atoms with van der Waals surface area (Å²) in [5.41, 5.74) is 0.394. The Bertz CT molecular complexity index is 350. The monoisotopic (exact) mass is 225 g/mol. The van der Waals surface area contributed by atoms with Crippen LogP contribution >= 0.6 is 0 Å². The summed E-state index contributed by atoms with van der Waals surface area (Å²) in [4.78, 5) is 11.6. The maximum Gasteiger partial charge on any atom is 0.251 e. The van der Waals surface area contributed by atoms with E-state index in [1.54, 1.807) is 12.1 Å². The summed E-state index contributed by atoms with van der Waals surface area (Å²) in [6.45, 7) is 0.251. The van der Waals surface area contributed by atoms with Gasteiger partial charge >= 0.3 is 0 Å². The molecule has 1 amide bonds. The highest BCUT2D eigenvalue weighted by Gasteiger charge is 2.09. The second-order valence-corrected chi connectivity index (χ2v) is 3.16. The summed E-state index contributed by atoms with van der Waals surface area (Å²) in [6.07, 6.45) is -0.471. The van der Waals surface area contributed by atoms with E-state index in [1.165, 1.54) is 26.4 Å². The quantitative estimate of drug-likeness (QED) is 0.725. The van der Waals surface area contributed by atoms with Gasteiger partial charge in [0.15, 0.2) is 6.29 Å². The molecule has 1 rings (SSSR count). The summed E-state index contributed by atoms with van der Waals surface area (Å²) >= 11 is 0. The molecule has 0 bridgehead atoms. The summed E-state index contributed by atoms with van der Waals surface area (Å²) in [6, 6.07) is 6.12. The van der Waals surface area contributed by atoms with Crippen LogP contribution in [0.3, 0.4) is 0 Å². The second kappa shape index (κ2) is 6.09. The number of benzene rings is 1. The minimum absolute atomic E-state index is 0.0580. The number of rotatable bonds is 5. The van der Waals surface area contributed by atoms with Crippen LogP contribution in [0.5, 0.6) is 5.75 Å². The number of phenols is 1. The van der Waals surface area contributed by atoms with Gasteiger partial charge in [-0.2, -0.15) is 0 Å². The molecule has 0 fully saturated rings. The van der Waals surface area contributed by atoms with Gasteiger partial charge in [-0.1, -0.05) is 6.07 Å². The first-order chi connectivity index (χ1) is 7.67. The Morgan fingerprint density at radius 3 is 2.69 bits per heavy atom. The fraction of sp³-hybridized carbons (Fsp3) is 0.364. The van der Waals surface area contributed by atoms with Gasteiger partial charge in [-0.05, 0) is 18.2 Å². The topological polar surface area (TPSA) is 67.8 Å². The van der Waals surface area contributed by atoms with Crippen LogP contribution < -0.4 is 5.32 Å². The molecule has 2 N–H and O–H groups in total. The molecule has 0 unspecified atom stereocenters. The Morgan fingerprint density at radius 1 is 1.44 bits per heavy atom. The standard InChI is InChI=1S/C11H15NO4/c1-15-10(16-2)7-12-11(14)8-4-3-5-9(13)6-8/h3-6,10,13H,7H2,1-2H3,(H,12,14). The number of aromatic hydroxyl groups is 1. The minimum Gasteiger partial charge on any atom is -0.508 e. The van der Waals surface area contributed by atoms with Gasteiger partial charge in [0.2, 0.25) is 0 Å². The maximum atomic E-state index is 11.6. The van der Waals surface area contributed by atoms with E-state index < -0.39 is 6.29 Å². The van der Waals surface area contributed by atoms with Gasteiger partial charge in [0.05, 0.1) is 6.54 Å². The summed E-state index contributed by atoms with van der Waals surface area (Å²) in [5, 5.41) is 11.8. The molecule has 0 spiro atoms. The van der Waals surface area contributed by atoms with Gasteiger partial charge in [0.1, 0.15) is 5.75 Å². The van der Waals surface area contributed by atoms with Crippen molar-refractivity contribution < 1.29 is 19.4 Å². The minimum atomic E-state index is -0.471. The predicted octanol–water partition coefficient (Wildman–Crippen LogP) is 0.741. The summed E-state index contributed by atoms with van der Waals surface area (Å²) < 4.78 is 9.85. The molecule has 0 saturated carbocycles. The lowest BCUT2D eigenvalue weighted by atomic mass is 10.2. The molecule has 1 aromatic rings. The van der Waals surface area contributed by atoms with Crippen LogP contribution in [0.4, 0.5) is 0 Å². The molecule has 0 radical (unpaired) electrons. The highest BCUT2D eigenvalue weighted by molar-refractivity contribution is 5.94. The van der Waals surface area contributed by atoms with Crippen molar-refractivity contribution in [2.45, 2.75) is 6.29 Å². The van der Waals surface area contributed by atoms with Crippen LogP contribution in [0.1, 0.15) is 10.4 Å². The third-order valence-corrected chi connectivity index (χ3v) is 2.06. The number of phenolic OH excluding ortho intramolecular Hbond substituents is 1. The van der Waals surface area contributed by atoms with Crippen molar-refractivity contribution in [3.05, 3.63) is 29.8 Å². The molecule has 16 heavy (non-hydrogen) atoms. The molecular formula is C11H15NO4. The Balaban J connectivity index is 2.52. The van der Waals surface area contributed by atoms with Crippen LogP contribution in [0.2, 0.25) is 0 Å². The maximum absolute atomic E-state index is 11.6. The number of carbonyl (C=O) groups is 1. The zero-order chi connectivity index (χ0) is 12.0. The average Bonchev–Trinajstić information content (AvgIpc) is 2.30. The van der Waals surface area contributed by atoms with Crippen molar-refractivity contribution in [3.63, 3.8) is 0 Å². The van der Waals surface area contributed by atoms with Crippen molar-refractivity contribution in [2.24, 2.45) is 0 Å². The normalized spacial score (nSPS) is 10.4. The largest absolute Gasteiger partial charge is 0.508 e. The van der Waals surface area contributed by atoms with Gasteiger partial charge < -0.3 is 19.9 Å². The smallest absolute Gasteiger partial charge is 0.251 e. The van der Waals surface area contributed by atoms with Crippen molar-refractivity contribution in [2.75, 3.05) is 20.8 Å². The second-order valence-electron chi connectivity index (χ2n) is 3.16. The van der Waals surface area contributed by atoms with Crippen LogP contribution in [0.15, 0.2) is 24.3 Å². The molecule has 0 heterocycles. The van der Waals surface area contributed by atoms with E-state index >= 15 is 0 Å². The van der Waals surface area contributed by atoms with E-state index in [1.807, 2.05) is 0 Å². The first-order valence-electron chi connectivity index (χ1n) is 4.80. The van der Waals surface area contributed by atoms with E-state index in [-0.39, 0.29) is 18.2 Å². The molecule has 0 aromatic heterocycles. The summed E-state index contributed by atoms with van der Waals surface area (Å²) in [7, 11) is 2.99. The molecule has 5 heteroatoms.